The molecule has 0 spiro atoms. The van der Waals surface area contributed by atoms with Crippen molar-refractivity contribution in [3.8, 4) is 10.6 Å². The molecule has 2 aromatic rings. The standard InChI is InChI=1S/C12H14BrN3S/c1-4-14-12-10(11-9(13)5-6-17-11)15-7(2)8(3)16-12/h5-6H,4H2,1-3H3,(H,14,16). The Labute approximate surface area is 113 Å². The Morgan fingerprint density at radius 1 is 1.29 bits per heavy atom. The predicted molar refractivity (Wildman–Crippen MR) is 76.7 cm³/mol. The number of nitrogens with one attached hydrogen (secondary N) is 1. The van der Waals surface area contributed by atoms with E-state index >= 15 is 0 Å². The number of rotatable bonds is 3. The molecule has 0 unspecified atom stereocenters. The van der Waals surface area contributed by atoms with Crippen LogP contribution in [0.5, 0.6) is 0 Å². The van der Waals surface area contributed by atoms with Gasteiger partial charge < -0.3 is 5.32 Å². The fraction of sp³-hybridized carbons (Fsp3) is 0.333. The van der Waals surface area contributed by atoms with Crippen LogP contribution in [0, 0.1) is 13.8 Å². The van der Waals surface area contributed by atoms with Crippen molar-refractivity contribution in [1.82, 2.24) is 9.97 Å². The molecule has 2 rings (SSSR count). The molecule has 0 aliphatic carbocycles. The first kappa shape index (κ1) is 12.5. The van der Waals surface area contributed by atoms with E-state index < -0.39 is 0 Å². The number of halogens is 1. The first-order valence-corrected chi connectivity index (χ1v) is 7.13. The molecule has 0 aliphatic rings. The average molecular weight is 312 g/mol. The lowest BCUT2D eigenvalue weighted by Gasteiger charge is -2.10. The summed E-state index contributed by atoms with van der Waals surface area (Å²) >= 11 is 5.21. The fourth-order valence-corrected chi connectivity index (χ4v) is 3.06. The lowest BCUT2D eigenvalue weighted by Crippen LogP contribution is -2.05. The third-order valence-electron chi connectivity index (χ3n) is 2.48. The molecule has 17 heavy (non-hydrogen) atoms. The molecule has 1 N–H and O–H groups in total. The second-order valence-electron chi connectivity index (χ2n) is 3.72. The molecule has 0 saturated heterocycles. The Kier molecular flexibility index (Phi) is 3.79. The molecular formula is C12H14BrN3S. The van der Waals surface area contributed by atoms with E-state index in [0.29, 0.717) is 0 Å². The van der Waals surface area contributed by atoms with Gasteiger partial charge in [0.25, 0.3) is 0 Å². The van der Waals surface area contributed by atoms with Crippen molar-refractivity contribution < 1.29 is 0 Å². The van der Waals surface area contributed by atoms with E-state index in [9.17, 15) is 0 Å². The molecule has 0 aromatic carbocycles. The van der Waals surface area contributed by atoms with Crippen LogP contribution in [-0.2, 0) is 0 Å². The van der Waals surface area contributed by atoms with Gasteiger partial charge in [-0.05, 0) is 48.1 Å². The summed E-state index contributed by atoms with van der Waals surface area (Å²) in [5.41, 5.74) is 2.87. The van der Waals surface area contributed by atoms with E-state index in [-0.39, 0.29) is 0 Å². The molecule has 0 atom stereocenters. The number of hydrogen-bond donors (Lipinski definition) is 1. The van der Waals surface area contributed by atoms with Gasteiger partial charge in [-0.15, -0.1) is 11.3 Å². The fourth-order valence-electron chi connectivity index (χ4n) is 1.51. The van der Waals surface area contributed by atoms with Crippen LogP contribution >= 0.6 is 27.3 Å². The Morgan fingerprint density at radius 3 is 2.59 bits per heavy atom. The molecule has 0 bridgehead atoms. The van der Waals surface area contributed by atoms with Gasteiger partial charge in [0.15, 0.2) is 5.82 Å². The normalized spacial score (nSPS) is 10.6. The van der Waals surface area contributed by atoms with Crippen molar-refractivity contribution in [3.63, 3.8) is 0 Å². The molecule has 0 amide bonds. The van der Waals surface area contributed by atoms with E-state index in [1.807, 2.05) is 25.3 Å². The first-order valence-electron chi connectivity index (χ1n) is 5.46. The largest absolute Gasteiger partial charge is 0.369 e. The van der Waals surface area contributed by atoms with E-state index in [2.05, 4.69) is 38.1 Å². The van der Waals surface area contributed by atoms with Crippen LogP contribution in [0.3, 0.4) is 0 Å². The highest BCUT2D eigenvalue weighted by molar-refractivity contribution is 9.10. The highest BCUT2D eigenvalue weighted by Gasteiger charge is 2.14. The Balaban J connectivity index is 2.59. The Bertz CT molecular complexity index is 537. The third-order valence-corrected chi connectivity index (χ3v) is 4.33. The van der Waals surface area contributed by atoms with Gasteiger partial charge in [0.2, 0.25) is 0 Å². The number of nitrogens with zero attached hydrogens (tertiary/aromatic N) is 2. The van der Waals surface area contributed by atoms with Crippen molar-refractivity contribution in [2.24, 2.45) is 0 Å². The summed E-state index contributed by atoms with van der Waals surface area (Å²) in [6, 6.07) is 2.03. The maximum Gasteiger partial charge on any atom is 0.153 e. The zero-order chi connectivity index (χ0) is 12.4. The summed E-state index contributed by atoms with van der Waals surface area (Å²) < 4.78 is 1.07. The van der Waals surface area contributed by atoms with E-state index in [0.717, 1.165) is 38.8 Å². The molecule has 2 aromatic heterocycles. The van der Waals surface area contributed by atoms with Crippen molar-refractivity contribution >= 4 is 33.1 Å². The summed E-state index contributed by atoms with van der Waals surface area (Å²) in [5.74, 6) is 0.860. The van der Waals surface area contributed by atoms with Crippen LogP contribution in [0.15, 0.2) is 15.9 Å². The lowest BCUT2D eigenvalue weighted by molar-refractivity contribution is 1.03. The summed E-state index contributed by atoms with van der Waals surface area (Å²) in [4.78, 5) is 10.3. The monoisotopic (exact) mass is 311 g/mol. The van der Waals surface area contributed by atoms with E-state index in [1.54, 1.807) is 11.3 Å². The van der Waals surface area contributed by atoms with Crippen LogP contribution in [0.4, 0.5) is 5.82 Å². The van der Waals surface area contributed by atoms with Crippen molar-refractivity contribution in [1.29, 1.82) is 0 Å². The number of aromatic nitrogens is 2. The maximum absolute atomic E-state index is 4.65. The summed E-state index contributed by atoms with van der Waals surface area (Å²) in [5, 5.41) is 5.32. The van der Waals surface area contributed by atoms with Crippen LogP contribution in [0.1, 0.15) is 18.3 Å². The van der Waals surface area contributed by atoms with Gasteiger partial charge in [0.1, 0.15) is 5.69 Å². The second kappa shape index (κ2) is 5.14. The smallest absolute Gasteiger partial charge is 0.153 e. The minimum Gasteiger partial charge on any atom is -0.369 e. The molecule has 2 heterocycles. The van der Waals surface area contributed by atoms with Gasteiger partial charge in [0, 0.05) is 11.0 Å². The summed E-state index contributed by atoms with van der Waals surface area (Å²) in [6.45, 7) is 6.87. The van der Waals surface area contributed by atoms with Crippen molar-refractivity contribution in [2.75, 3.05) is 11.9 Å². The molecular weight excluding hydrogens is 298 g/mol. The highest BCUT2D eigenvalue weighted by atomic mass is 79.9. The molecule has 90 valence electrons. The minimum absolute atomic E-state index is 0.840. The molecule has 0 fully saturated rings. The third kappa shape index (κ3) is 2.50. The summed E-state index contributed by atoms with van der Waals surface area (Å²) in [7, 11) is 0. The first-order chi connectivity index (χ1) is 8.13. The lowest BCUT2D eigenvalue weighted by atomic mass is 10.2. The van der Waals surface area contributed by atoms with Gasteiger partial charge in [0.05, 0.1) is 16.3 Å². The number of hydrogen-bond acceptors (Lipinski definition) is 4. The maximum atomic E-state index is 4.65. The zero-order valence-corrected chi connectivity index (χ0v) is 12.4. The molecule has 5 heteroatoms. The summed E-state index contributed by atoms with van der Waals surface area (Å²) in [6.07, 6.45) is 0. The number of aryl methyl sites for hydroxylation is 2. The predicted octanol–water partition coefficient (Wildman–Crippen LogP) is 4.02. The van der Waals surface area contributed by atoms with E-state index in [4.69, 9.17) is 0 Å². The number of anilines is 1. The van der Waals surface area contributed by atoms with Crippen LogP contribution in [-0.4, -0.2) is 16.5 Å². The Hall–Kier alpha value is -0.940. The molecule has 0 radical (unpaired) electrons. The molecule has 0 aliphatic heterocycles. The van der Waals surface area contributed by atoms with E-state index in [1.165, 1.54) is 0 Å². The molecule has 3 nitrogen and oxygen atoms in total. The number of thiophene rings is 1. The van der Waals surface area contributed by atoms with Crippen LogP contribution in [0.25, 0.3) is 10.6 Å². The van der Waals surface area contributed by atoms with Gasteiger partial charge in [-0.25, -0.2) is 9.97 Å². The minimum atomic E-state index is 0.840. The van der Waals surface area contributed by atoms with Gasteiger partial charge in [-0.2, -0.15) is 0 Å². The zero-order valence-electron chi connectivity index (χ0n) is 10.0. The quantitative estimate of drug-likeness (QED) is 0.930. The van der Waals surface area contributed by atoms with Crippen LogP contribution < -0.4 is 5.32 Å². The van der Waals surface area contributed by atoms with Gasteiger partial charge >= 0.3 is 0 Å². The SMILES string of the molecule is CCNc1nc(C)c(C)nc1-c1sccc1Br. The van der Waals surface area contributed by atoms with Crippen molar-refractivity contribution in [2.45, 2.75) is 20.8 Å². The average Bonchev–Trinajstić information content (AvgIpc) is 2.70. The van der Waals surface area contributed by atoms with Crippen molar-refractivity contribution in [3.05, 3.63) is 27.3 Å². The van der Waals surface area contributed by atoms with Gasteiger partial charge in [-0.3, -0.25) is 0 Å². The highest BCUT2D eigenvalue weighted by Crippen LogP contribution is 2.36. The topological polar surface area (TPSA) is 37.8 Å². The Morgan fingerprint density at radius 2 is 2.00 bits per heavy atom. The van der Waals surface area contributed by atoms with Crippen LogP contribution in [0.2, 0.25) is 0 Å². The second-order valence-corrected chi connectivity index (χ2v) is 5.49. The molecule has 0 saturated carbocycles. The van der Waals surface area contributed by atoms with Gasteiger partial charge in [-0.1, -0.05) is 0 Å².